The van der Waals surface area contributed by atoms with Gasteiger partial charge >= 0.3 is 0 Å². The topological polar surface area (TPSA) is 40.6 Å². The van der Waals surface area contributed by atoms with Crippen LogP contribution in [0.5, 0.6) is 0 Å². The van der Waals surface area contributed by atoms with E-state index in [9.17, 15) is 9.59 Å². The van der Waals surface area contributed by atoms with E-state index in [1.807, 2.05) is 42.3 Å². The zero-order valence-electron chi connectivity index (χ0n) is 11.4. The number of thioether (sulfide) groups is 1. The van der Waals surface area contributed by atoms with Crippen LogP contribution in [0.4, 0.5) is 4.79 Å². The second kappa shape index (κ2) is 5.35. The minimum Gasteiger partial charge on any atom is -0.284 e. The monoisotopic (exact) mass is 278 g/mol. The van der Waals surface area contributed by atoms with E-state index in [0.717, 1.165) is 17.3 Å². The van der Waals surface area contributed by atoms with Crippen molar-refractivity contribution in [3.8, 4) is 0 Å². The van der Waals surface area contributed by atoms with Crippen LogP contribution in [0.3, 0.4) is 0 Å². The molecule has 0 N–H and O–H groups in total. The van der Waals surface area contributed by atoms with Gasteiger partial charge in [0.05, 0.1) is 11.4 Å². The average Bonchev–Trinajstić information content (AvgIpc) is 2.53. The van der Waals surface area contributed by atoms with Crippen LogP contribution in [0.15, 0.2) is 30.3 Å². The van der Waals surface area contributed by atoms with Gasteiger partial charge in [0.1, 0.15) is 0 Å². The Morgan fingerprint density at radius 1 is 1.21 bits per heavy atom. The standard InChI is InChI=1S/C14H18N2O2S/c1-14(2)12(17)16(13(18)19-14)10-15(3)9-11-7-5-4-6-8-11/h4-8H,9-10H2,1-3H3. The molecule has 1 fully saturated rings. The lowest BCUT2D eigenvalue weighted by Gasteiger charge is -2.23. The Morgan fingerprint density at radius 2 is 1.84 bits per heavy atom. The number of carbonyl (C=O) groups excluding carboxylic acids is 2. The lowest BCUT2D eigenvalue weighted by molar-refractivity contribution is -0.130. The summed E-state index contributed by atoms with van der Waals surface area (Å²) in [7, 11) is 1.91. The highest BCUT2D eigenvalue weighted by atomic mass is 32.2. The van der Waals surface area contributed by atoms with Crippen molar-refractivity contribution in [2.75, 3.05) is 13.7 Å². The molecule has 1 heterocycles. The normalized spacial score (nSPS) is 18.4. The van der Waals surface area contributed by atoms with Gasteiger partial charge < -0.3 is 0 Å². The summed E-state index contributed by atoms with van der Waals surface area (Å²) in [6.07, 6.45) is 0. The summed E-state index contributed by atoms with van der Waals surface area (Å²) >= 11 is 1.10. The largest absolute Gasteiger partial charge is 0.290 e. The molecular weight excluding hydrogens is 260 g/mol. The van der Waals surface area contributed by atoms with Crippen molar-refractivity contribution in [2.45, 2.75) is 25.1 Å². The average molecular weight is 278 g/mol. The third-order valence-electron chi connectivity index (χ3n) is 3.00. The number of imide groups is 1. The van der Waals surface area contributed by atoms with E-state index >= 15 is 0 Å². The molecule has 2 amide bonds. The second-order valence-electron chi connectivity index (χ2n) is 5.25. The van der Waals surface area contributed by atoms with E-state index < -0.39 is 4.75 Å². The molecule has 1 aromatic carbocycles. The fourth-order valence-corrected chi connectivity index (χ4v) is 2.92. The van der Waals surface area contributed by atoms with E-state index in [4.69, 9.17) is 0 Å². The number of benzene rings is 1. The van der Waals surface area contributed by atoms with Crippen LogP contribution < -0.4 is 0 Å². The van der Waals surface area contributed by atoms with Gasteiger partial charge in [-0.25, -0.2) is 0 Å². The first-order valence-electron chi connectivity index (χ1n) is 6.17. The van der Waals surface area contributed by atoms with Crippen molar-refractivity contribution in [3.05, 3.63) is 35.9 Å². The minimum atomic E-state index is -0.634. The molecule has 0 spiro atoms. The summed E-state index contributed by atoms with van der Waals surface area (Å²) in [5.41, 5.74) is 1.16. The molecule has 0 aromatic heterocycles. The summed E-state index contributed by atoms with van der Waals surface area (Å²) in [4.78, 5) is 27.2. The molecule has 19 heavy (non-hydrogen) atoms. The number of amides is 2. The van der Waals surface area contributed by atoms with Gasteiger partial charge in [-0.15, -0.1) is 0 Å². The van der Waals surface area contributed by atoms with Gasteiger partial charge in [-0.1, -0.05) is 30.3 Å². The highest BCUT2D eigenvalue weighted by Crippen LogP contribution is 2.36. The van der Waals surface area contributed by atoms with Gasteiger partial charge in [0.25, 0.3) is 5.24 Å². The first-order chi connectivity index (χ1) is 8.90. The van der Waals surface area contributed by atoms with Crippen molar-refractivity contribution >= 4 is 22.9 Å². The van der Waals surface area contributed by atoms with Crippen molar-refractivity contribution in [2.24, 2.45) is 0 Å². The van der Waals surface area contributed by atoms with Crippen LogP contribution in [-0.2, 0) is 11.3 Å². The molecule has 5 heteroatoms. The third kappa shape index (κ3) is 3.16. The zero-order chi connectivity index (χ0) is 14.0. The summed E-state index contributed by atoms with van der Waals surface area (Å²) in [6, 6.07) is 9.99. The Balaban J connectivity index is 1.98. The first-order valence-corrected chi connectivity index (χ1v) is 6.99. The Bertz CT molecular complexity index is 487. The molecule has 102 valence electrons. The maximum absolute atomic E-state index is 12.1. The number of hydrogen-bond acceptors (Lipinski definition) is 4. The van der Waals surface area contributed by atoms with Crippen molar-refractivity contribution in [3.63, 3.8) is 0 Å². The van der Waals surface area contributed by atoms with Crippen LogP contribution in [0.2, 0.25) is 0 Å². The Kier molecular flexibility index (Phi) is 3.96. The van der Waals surface area contributed by atoms with Crippen molar-refractivity contribution in [1.82, 2.24) is 9.80 Å². The SMILES string of the molecule is CN(Cc1ccccc1)CN1C(=O)SC(C)(C)C1=O. The summed E-state index contributed by atoms with van der Waals surface area (Å²) in [5.74, 6) is -0.109. The molecule has 2 rings (SSSR count). The zero-order valence-corrected chi connectivity index (χ0v) is 12.2. The molecule has 1 aromatic rings. The number of hydrogen-bond donors (Lipinski definition) is 0. The smallest absolute Gasteiger partial charge is 0.284 e. The van der Waals surface area contributed by atoms with Gasteiger partial charge in [-0.2, -0.15) is 0 Å². The summed E-state index contributed by atoms with van der Waals surface area (Å²) in [6.45, 7) is 4.62. The van der Waals surface area contributed by atoms with Crippen LogP contribution >= 0.6 is 11.8 Å². The highest BCUT2D eigenvalue weighted by Gasteiger charge is 2.46. The van der Waals surface area contributed by atoms with Crippen LogP contribution in [-0.4, -0.2) is 39.4 Å². The van der Waals surface area contributed by atoms with Gasteiger partial charge in [0, 0.05) is 6.54 Å². The Morgan fingerprint density at radius 3 is 2.37 bits per heavy atom. The highest BCUT2D eigenvalue weighted by molar-refractivity contribution is 8.16. The van der Waals surface area contributed by atoms with E-state index in [1.165, 1.54) is 4.90 Å². The predicted octanol–water partition coefficient (Wildman–Crippen LogP) is 2.55. The number of nitrogens with zero attached hydrogens (tertiary/aromatic N) is 2. The molecule has 0 radical (unpaired) electrons. The fraction of sp³-hybridized carbons (Fsp3) is 0.429. The van der Waals surface area contributed by atoms with Crippen LogP contribution in [0.25, 0.3) is 0 Å². The molecule has 1 aliphatic rings. The van der Waals surface area contributed by atoms with Gasteiger partial charge in [-0.3, -0.25) is 19.4 Å². The number of carbonyl (C=O) groups is 2. The van der Waals surface area contributed by atoms with E-state index in [-0.39, 0.29) is 11.1 Å². The maximum Gasteiger partial charge on any atom is 0.290 e. The summed E-state index contributed by atoms with van der Waals surface area (Å²) < 4.78 is -0.634. The van der Waals surface area contributed by atoms with E-state index in [0.29, 0.717) is 13.2 Å². The summed E-state index contributed by atoms with van der Waals surface area (Å²) in [5, 5.41) is -0.157. The lowest BCUT2D eigenvalue weighted by atomic mass is 10.2. The quantitative estimate of drug-likeness (QED) is 0.848. The molecule has 0 saturated carbocycles. The lowest BCUT2D eigenvalue weighted by Crippen LogP contribution is -2.41. The van der Waals surface area contributed by atoms with Crippen molar-refractivity contribution < 1.29 is 9.59 Å². The minimum absolute atomic E-state index is 0.109. The number of rotatable bonds is 4. The molecule has 1 saturated heterocycles. The van der Waals surface area contributed by atoms with Gasteiger partial charge in [-0.05, 0) is 38.2 Å². The fourth-order valence-electron chi connectivity index (χ4n) is 2.03. The molecule has 0 bridgehead atoms. The predicted molar refractivity (Wildman–Crippen MR) is 76.7 cm³/mol. The van der Waals surface area contributed by atoms with Gasteiger partial charge in [0.15, 0.2) is 0 Å². The Hall–Kier alpha value is -1.33. The molecule has 1 aliphatic heterocycles. The van der Waals surface area contributed by atoms with E-state index in [1.54, 1.807) is 13.8 Å². The molecule has 4 nitrogen and oxygen atoms in total. The molecular formula is C14H18N2O2S. The van der Waals surface area contributed by atoms with Gasteiger partial charge in [0.2, 0.25) is 5.91 Å². The molecule has 0 aliphatic carbocycles. The molecule has 0 atom stereocenters. The van der Waals surface area contributed by atoms with Crippen LogP contribution in [0, 0.1) is 0 Å². The van der Waals surface area contributed by atoms with E-state index in [2.05, 4.69) is 0 Å². The van der Waals surface area contributed by atoms with Crippen LogP contribution in [0.1, 0.15) is 19.4 Å². The van der Waals surface area contributed by atoms with Crippen molar-refractivity contribution in [1.29, 1.82) is 0 Å². The maximum atomic E-state index is 12.1. The third-order valence-corrected chi connectivity index (χ3v) is 4.08. The second-order valence-corrected chi connectivity index (χ2v) is 6.83. The first kappa shape index (κ1) is 14.1. The Labute approximate surface area is 117 Å². The molecule has 0 unspecified atom stereocenters.